The van der Waals surface area contributed by atoms with E-state index < -0.39 is 5.97 Å². The minimum absolute atomic E-state index is 0.388. The zero-order chi connectivity index (χ0) is 15.5. The van der Waals surface area contributed by atoms with E-state index in [9.17, 15) is 4.79 Å². The van der Waals surface area contributed by atoms with Crippen LogP contribution in [0.1, 0.15) is 10.4 Å². The van der Waals surface area contributed by atoms with Crippen molar-refractivity contribution >= 4 is 39.8 Å². The molecule has 3 rings (SSSR count). The minimum Gasteiger partial charge on any atom is -0.370 e. The number of carbonyl (C=O) groups is 1. The van der Waals surface area contributed by atoms with Crippen molar-refractivity contribution in [2.24, 2.45) is 5.90 Å². The van der Waals surface area contributed by atoms with Crippen LogP contribution in [0.5, 0.6) is 0 Å². The van der Waals surface area contributed by atoms with Crippen LogP contribution in [0.3, 0.4) is 0 Å². The van der Waals surface area contributed by atoms with Gasteiger partial charge in [-0.05, 0) is 48.5 Å². The van der Waals surface area contributed by atoms with Crippen molar-refractivity contribution in [2.75, 3.05) is 5.32 Å². The van der Waals surface area contributed by atoms with Crippen molar-refractivity contribution in [3.05, 3.63) is 65.3 Å². The third-order valence-corrected chi connectivity index (χ3v) is 3.45. The van der Waals surface area contributed by atoms with Crippen LogP contribution in [-0.4, -0.2) is 11.0 Å². The zero-order valence-corrected chi connectivity index (χ0v) is 12.2. The van der Waals surface area contributed by atoms with Gasteiger partial charge >= 0.3 is 5.97 Å². The van der Waals surface area contributed by atoms with Crippen molar-refractivity contribution in [1.29, 1.82) is 0 Å². The van der Waals surface area contributed by atoms with E-state index in [1.165, 1.54) is 0 Å². The van der Waals surface area contributed by atoms with Crippen LogP contribution < -0.4 is 11.2 Å². The van der Waals surface area contributed by atoms with Gasteiger partial charge in [0, 0.05) is 28.0 Å². The molecule has 0 aliphatic carbocycles. The lowest BCUT2D eigenvalue weighted by Crippen LogP contribution is -2.09. The van der Waals surface area contributed by atoms with Crippen molar-refractivity contribution < 1.29 is 9.63 Å². The second-order valence-corrected chi connectivity index (χ2v) is 5.06. The monoisotopic (exact) mass is 313 g/mol. The topological polar surface area (TPSA) is 77.2 Å². The van der Waals surface area contributed by atoms with Crippen LogP contribution in [0.25, 0.3) is 10.9 Å². The van der Waals surface area contributed by atoms with Gasteiger partial charge in [0.1, 0.15) is 0 Å². The molecule has 1 aromatic heterocycles. The summed E-state index contributed by atoms with van der Waals surface area (Å²) in [4.78, 5) is 19.8. The van der Waals surface area contributed by atoms with E-state index in [4.69, 9.17) is 17.5 Å². The lowest BCUT2D eigenvalue weighted by Gasteiger charge is -2.10. The van der Waals surface area contributed by atoms with Gasteiger partial charge in [-0.15, -0.1) is 0 Å². The number of fused-ring (bicyclic) bond motifs is 1. The predicted octanol–water partition coefficient (Wildman–Crippen LogP) is 3.66. The molecule has 6 heteroatoms. The number of halogens is 1. The molecule has 0 amide bonds. The molecule has 0 atom stereocenters. The highest BCUT2D eigenvalue weighted by atomic mass is 35.5. The number of anilines is 2. The standard InChI is InChI=1S/C16H12ClN3O2/c17-11-3-6-13-14(7-8-19-15(13)9-11)20-12-4-1-10(2-5-12)16(21)22-18/h1-9H,18H2,(H,19,20). The highest BCUT2D eigenvalue weighted by molar-refractivity contribution is 6.31. The summed E-state index contributed by atoms with van der Waals surface area (Å²) in [6.45, 7) is 0. The average Bonchev–Trinajstić information content (AvgIpc) is 2.55. The van der Waals surface area contributed by atoms with Crippen molar-refractivity contribution in [3.8, 4) is 0 Å². The molecule has 0 aliphatic rings. The number of nitrogens with one attached hydrogen (secondary N) is 1. The molecule has 22 heavy (non-hydrogen) atoms. The quantitative estimate of drug-likeness (QED) is 0.721. The van der Waals surface area contributed by atoms with Crippen LogP contribution in [0.15, 0.2) is 54.7 Å². The Hall–Kier alpha value is -2.63. The second kappa shape index (κ2) is 6.01. The van der Waals surface area contributed by atoms with Gasteiger partial charge in [-0.25, -0.2) is 4.79 Å². The maximum Gasteiger partial charge on any atom is 0.356 e. The average molecular weight is 314 g/mol. The SMILES string of the molecule is NOC(=O)c1ccc(Nc2ccnc3cc(Cl)ccc23)cc1. The van der Waals surface area contributed by atoms with Gasteiger partial charge in [0.25, 0.3) is 0 Å². The number of hydrogen-bond donors (Lipinski definition) is 2. The van der Waals surface area contributed by atoms with Crippen LogP contribution >= 0.6 is 11.6 Å². The molecule has 0 fully saturated rings. The Morgan fingerprint density at radius 1 is 1.14 bits per heavy atom. The number of carbonyl (C=O) groups excluding carboxylic acids is 1. The fraction of sp³-hybridized carbons (Fsp3) is 0. The summed E-state index contributed by atoms with van der Waals surface area (Å²) in [6, 6.07) is 14.2. The molecule has 0 saturated heterocycles. The van der Waals surface area contributed by atoms with Crippen LogP contribution in [0.4, 0.5) is 11.4 Å². The van der Waals surface area contributed by atoms with Gasteiger partial charge < -0.3 is 10.2 Å². The van der Waals surface area contributed by atoms with Crippen LogP contribution in [0, 0.1) is 0 Å². The molecular formula is C16H12ClN3O2. The fourth-order valence-corrected chi connectivity index (χ4v) is 2.31. The van der Waals surface area contributed by atoms with E-state index in [2.05, 4.69) is 15.1 Å². The molecule has 3 N–H and O–H groups in total. The lowest BCUT2D eigenvalue weighted by molar-refractivity contribution is 0.0503. The molecule has 0 radical (unpaired) electrons. The third-order valence-electron chi connectivity index (χ3n) is 3.21. The lowest BCUT2D eigenvalue weighted by atomic mass is 10.1. The van der Waals surface area contributed by atoms with Gasteiger partial charge in [0.15, 0.2) is 0 Å². The Labute approximate surface area is 131 Å². The number of hydrogen-bond acceptors (Lipinski definition) is 5. The van der Waals surface area contributed by atoms with Crippen molar-refractivity contribution in [2.45, 2.75) is 0 Å². The summed E-state index contributed by atoms with van der Waals surface area (Å²) in [5.74, 6) is 4.28. The summed E-state index contributed by atoms with van der Waals surface area (Å²) in [5, 5.41) is 4.88. The van der Waals surface area contributed by atoms with Gasteiger partial charge in [0.2, 0.25) is 0 Å². The van der Waals surface area contributed by atoms with E-state index in [1.807, 2.05) is 24.3 Å². The maximum absolute atomic E-state index is 11.3. The van der Waals surface area contributed by atoms with E-state index >= 15 is 0 Å². The van der Waals surface area contributed by atoms with Gasteiger partial charge in [0.05, 0.1) is 11.1 Å². The van der Waals surface area contributed by atoms with Gasteiger partial charge in [-0.3, -0.25) is 4.98 Å². The number of nitrogens with two attached hydrogens (primary N) is 1. The highest BCUT2D eigenvalue weighted by Gasteiger charge is 2.06. The number of pyridine rings is 1. The van der Waals surface area contributed by atoms with Gasteiger partial charge in [-0.2, -0.15) is 5.90 Å². The minimum atomic E-state index is -0.574. The smallest absolute Gasteiger partial charge is 0.356 e. The highest BCUT2D eigenvalue weighted by Crippen LogP contribution is 2.27. The Bertz CT molecular complexity index is 834. The summed E-state index contributed by atoms with van der Waals surface area (Å²) < 4.78 is 0. The molecule has 0 saturated carbocycles. The molecule has 2 aromatic carbocycles. The van der Waals surface area contributed by atoms with E-state index in [0.29, 0.717) is 10.6 Å². The predicted molar refractivity (Wildman–Crippen MR) is 86.1 cm³/mol. The molecule has 5 nitrogen and oxygen atoms in total. The van der Waals surface area contributed by atoms with Crippen LogP contribution in [-0.2, 0) is 4.84 Å². The second-order valence-electron chi connectivity index (χ2n) is 4.63. The Balaban J connectivity index is 1.91. The summed E-state index contributed by atoms with van der Waals surface area (Å²) in [5.41, 5.74) is 2.92. The summed E-state index contributed by atoms with van der Waals surface area (Å²) in [7, 11) is 0. The Morgan fingerprint density at radius 3 is 2.64 bits per heavy atom. The summed E-state index contributed by atoms with van der Waals surface area (Å²) >= 11 is 5.98. The number of nitrogens with zero attached hydrogens (tertiary/aromatic N) is 1. The molecule has 0 spiro atoms. The first-order chi connectivity index (χ1) is 10.7. The van der Waals surface area contributed by atoms with Crippen molar-refractivity contribution in [1.82, 2.24) is 4.98 Å². The van der Waals surface area contributed by atoms with Gasteiger partial charge in [-0.1, -0.05) is 11.6 Å². The first kappa shape index (κ1) is 14.3. The first-order valence-corrected chi connectivity index (χ1v) is 6.87. The zero-order valence-electron chi connectivity index (χ0n) is 11.4. The first-order valence-electron chi connectivity index (χ1n) is 6.50. The number of benzene rings is 2. The Morgan fingerprint density at radius 2 is 1.91 bits per heavy atom. The van der Waals surface area contributed by atoms with Crippen molar-refractivity contribution in [3.63, 3.8) is 0 Å². The molecule has 3 aromatic rings. The largest absolute Gasteiger partial charge is 0.370 e. The molecule has 1 heterocycles. The fourth-order valence-electron chi connectivity index (χ4n) is 2.14. The molecule has 0 aliphatic heterocycles. The third kappa shape index (κ3) is 2.86. The normalized spacial score (nSPS) is 10.5. The van der Waals surface area contributed by atoms with E-state index in [1.54, 1.807) is 30.5 Å². The Kier molecular flexibility index (Phi) is 3.91. The molecule has 0 bridgehead atoms. The molecule has 110 valence electrons. The summed E-state index contributed by atoms with van der Waals surface area (Å²) in [6.07, 6.45) is 1.71. The molecule has 0 unspecified atom stereocenters. The van der Waals surface area contributed by atoms with Crippen LogP contribution in [0.2, 0.25) is 5.02 Å². The number of rotatable bonds is 3. The molecular weight excluding hydrogens is 302 g/mol. The maximum atomic E-state index is 11.3. The number of aromatic nitrogens is 1. The van der Waals surface area contributed by atoms with E-state index in [0.717, 1.165) is 22.3 Å². The van der Waals surface area contributed by atoms with E-state index in [-0.39, 0.29) is 0 Å².